The van der Waals surface area contributed by atoms with Crippen LogP contribution in [0.4, 0.5) is 0 Å². The van der Waals surface area contributed by atoms with Crippen LogP contribution in [-0.4, -0.2) is 29.7 Å². The third-order valence-electron chi connectivity index (χ3n) is 11.5. The zero-order chi connectivity index (χ0) is 43.8. The summed E-state index contributed by atoms with van der Waals surface area (Å²) < 4.78 is 68.0. The molecule has 0 amide bonds. The number of aryl methyl sites for hydroxylation is 1. The first kappa shape index (κ1) is 44.5. The van der Waals surface area contributed by atoms with Crippen LogP contribution in [0.15, 0.2) is 246 Å². The van der Waals surface area contributed by atoms with Crippen molar-refractivity contribution in [3.05, 3.63) is 242 Å². The van der Waals surface area contributed by atoms with Crippen LogP contribution in [0.3, 0.4) is 0 Å². The van der Waals surface area contributed by atoms with E-state index in [4.69, 9.17) is 7.94 Å². The van der Waals surface area contributed by atoms with Gasteiger partial charge in [-0.05, 0) is 0 Å². The Morgan fingerprint density at radius 1 is 0.355 bits per heavy atom. The second-order valence-corrected chi connectivity index (χ2v) is 28.2. The molecule has 0 N–H and O–H groups in total. The second-order valence-electron chi connectivity index (χ2n) is 15.2. The molecule has 62 heavy (non-hydrogen) atoms. The van der Waals surface area contributed by atoms with E-state index in [9.17, 15) is 16.8 Å². The summed E-state index contributed by atoms with van der Waals surface area (Å²) in [6, 6.07) is 73.6. The van der Waals surface area contributed by atoms with E-state index >= 15 is 0 Å². The molecule has 6 nitrogen and oxygen atoms in total. The standard InChI is InChI=1S/C27H27O3PS.C25H23O3PS/c1-3-31(24-13-7-4-8-14-24,25-15-9-5-10-16-25,26-17-11-6-12-18-26)30-32(28,29)27-21-19-23(2)20-22-27;1-29(22-14-6-2-7-15-22,23-16-8-3-9-17-23,24-18-10-4-11-19-24)28-30(26,27)25-20-12-5-13-21-25/h4-22H,3H2,1-2H3;2-21H,1H3. The molecule has 0 aromatic heterocycles. The van der Waals surface area contributed by atoms with Crippen LogP contribution in [0.25, 0.3) is 0 Å². The van der Waals surface area contributed by atoms with E-state index < -0.39 is 33.9 Å². The van der Waals surface area contributed by atoms with Gasteiger partial charge in [-0.25, -0.2) is 0 Å². The van der Waals surface area contributed by atoms with Crippen molar-refractivity contribution in [1.29, 1.82) is 0 Å². The minimum atomic E-state index is -4.09. The van der Waals surface area contributed by atoms with Crippen molar-refractivity contribution >= 4 is 65.7 Å². The van der Waals surface area contributed by atoms with Gasteiger partial charge in [0.25, 0.3) is 0 Å². The Morgan fingerprint density at radius 2 is 0.613 bits per heavy atom. The average molecular weight is 897 g/mol. The molecule has 10 heteroatoms. The van der Waals surface area contributed by atoms with Gasteiger partial charge in [-0.15, -0.1) is 0 Å². The molecule has 8 aromatic rings. The Balaban J connectivity index is 0.000000187. The van der Waals surface area contributed by atoms with E-state index in [1.54, 1.807) is 54.6 Å². The van der Waals surface area contributed by atoms with Gasteiger partial charge in [-0.3, -0.25) is 0 Å². The Morgan fingerprint density at radius 3 is 0.919 bits per heavy atom. The number of hydrogen-bond acceptors (Lipinski definition) is 6. The average Bonchev–Trinajstić information content (AvgIpc) is 3.33. The van der Waals surface area contributed by atoms with Gasteiger partial charge in [0.2, 0.25) is 0 Å². The van der Waals surface area contributed by atoms with Gasteiger partial charge in [0.15, 0.2) is 0 Å². The van der Waals surface area contributed by atoms with Crippen LogP contribution < -0.4 is 31.8 Å². The van der Waals surface area contributed by atoms with Gasteiger partial charge >= 0.3 is 369 Å². The van der Waals surface area contributed by atoms with Crippen molar-refractivity contribution in [1.82, 2.24) is 0 Å². The quantitative estimate of drug-likeness (QED) is 0.107. The van der Waals surface area contributed by atoms with Crippen LogP contribution in [0.2, 0.25) is 0 Å². The summed E-state index contributed by atoms with van der Waals surface area (Å²) in [5.74, 6) is 0. The summed E-state index contributed by atoms with van der Waals surface area (Å²) in [6.07, 6.45) is 0.495. The van der Waals surface area contributed by atoms with Gasteiger partial charge in [0.1, 0.15) is 0 Å². The first-order chi connectivity index (χ1) is 29.9. The molecule has 0 atom stereocenters. The van der Waals surface area contributed by atoms with E-state index in [0.29, 0.717) is 6.16 Å². The fourth-order valence-electron chi connectivity index (χ4n) is 8.18. The molecular formula is C52H50O6P2S2. The molecule has 0 bridgehead atoms. The van der Waals surface area contributed by atoms with Crippen molar-refractivity contribution in [3.8, 4) is 0 Å². The first-order valence-electron chi connectivity index (χ1n) is 20.3. The SMILES string of the molecule is CCP(OS(=O)(=O)c1ccc(C)cc1)(c1ccccc1)(c1ccccc1)c1ccccc1.CP(OS(=O)(=O)c1ccccc1)(c1ccccc1)(c1ccccc1)c1ccccc1. The molecular weight excluding hydrogens is 847 g/mol. The van der Waals surface area contributed by atoms with Gasteiger partial charge in [-0.1, -0.05) is 0 Å². The summed E-state index contributed by atoms with van der Waals surface area (Å²) in [5, 5.41) is 5.19. The summed E-state index contributed by atoms with van der Waals surface area (Å²) in [5.41, 5.74) is 0.992. The summed E-state index contributed by atoms with van der Waals surface area (Å²) in [7, 11) is -8.15. The molecule has 0 spiro atoms. The van der Waals surface area contributed by atoms with Crippen molar-refractivity contribution < 1.29 is 24.8 Å². The van der Waals surface area contributed by atoms with Gasteiger partial charge < -0.3 is 0 Å². The monoisotopic (exact) mass is 896 g/mol. The fraction of sp³-hybridized carbons (Fsp3) is 0.0769. The molecule has 0 aliphatic rings. The molecule has 0 fully saturated rings. The minimum absolute atomic E-state index is 0.142. The van der Waals surface area contributed by atoms with Crippen molar-refractivity contribution in [3.63, 3.8) is 0 Å². The zero-order valence-corrected chi connectivity index (χ0v) is 38.3. The molecule has 0 heterocycles. The molecule has 0 unspecified atom stereocenters. The number of rotatable bonds is 13. The van der Waals surface area contributed by atoms with Crippen molar-refractivity contribution in [2.45, 2.75) is 23.6 Å². The summed E-state index contributed by atoms with van der Waals surface area (Å²) in [4.78, 5) is 0.303. The van der Waals surface area contributed by atoms with E-state index in [1.807, 2.05) is 203 Å². The Labute approximate surface area is 367 Å². The van der Waals surface area contributed by atoms with E-state index in [1.165, 1.54) is 0 Å². The molecule has 0 radical (unpaired) electrons. The first-order valence-corrected chi connectivity index (χ1v) is 28.0. The molecule has 316 valence electrons. The summed E-state index contributed by atoms with van der Waals surface area (Å²) in [6.45, 7) is -1.82. The van der Waals surface area contributed by atoms with Crippen LogP contribution in [-0.2, 0) is 28.2 Å². The van der Waals surface area contributed by atoms with Gasteiger partial charge in [-0.2, -0.15) is 0 Å². The van der Waals surface area contributed by atoms with E-state index in [-0.39, 0.29) is 9.79 Å². The van der Waals surface area contributed by atoms with Crippen LogP contribution in [0.1, 0.15) is 12.5 Å². The Hall–Kier alpha value is -5.56. The van der Waals surface area contributed by atoms with Crippen LogP contribution >= 0.6 is 13.7 Å². The molecule has 8 rings (SSSR count). The number of hydrogen-bond donors (Lipinski definition) is 0. The van der Waals surface area contributed by atoms with Crippen molar-refractivity contribution in [2.75, 3.05) is 12.8 Å². The van der Waals surface area contributed by atoms with Crippen molar-refractivity contribution in [2.24, 2.45) is 0 Å². The molecule has 0 saturated heterocycles. The van der Waals surface area contributed by atoms with Crippen LogP contribution in [0, 0.1) is 6.92 Å². The predicted molar refractivity (Wildman–Crippen MR) is 261 cm³/mol. The van der Waals surface area contributed by atoms with Gasteiger partial charge in [0, 0.05) is 0 Å². The predicted octanol–water partition coefficient (Wildman–Crippen LogP) is 9.63. The molecule has 0 aliphatic carbocycles. The van der Waals surface area contributed by atoms with Crippen LogP contribution in [0.5, 0.6) is 0 Å². The third-order valence-corrected chi connectivity index (χ3v) is 27.6. The maximum atomic E-state index is 13.9. The van der Waals surface area contributed by atoms with E-state index in [0.717, 1.165) is 37.4 Å². The molecule has 8 aromatic carbocycles. The number of benzene rings is 8. The molecule has 0 aliphatic heterocycles. The maximum absolute atomic E-state index is 13.9. The second kappa shape index (κ2) is 18.0. The van der Waals surface area contributed by atoms with E-state index in [2.05, 4.69) is 0 Å². The third kappa shape index (κ3) is 8.11. The fourth-order valence-corrected chi connectivity index (χ4v) is 24.0. The molecule has 0 saturated carbocycles. The topological polar surface area (TPSA) is 86.7 Å². The Kier molecular flexibility index (Phi) is 12.9. The Bertz CT molecular complexity index is 2730. The summed E-state index contributed by atoms with van der Waals surface area (Å²) >= 11 is 0. The normalized spacial score (nSPS) is 13.3. The zero-order valence-electron chi connectivity index (χ0n) is 34.9. The van der Waals surface area contributed by atoms with Gasteiger partial charge in [0.05, 0.1) is 0 Å².